The van der Waals surface area contributed by atoms with Crippen LogP contribution in [0, 0.1) is 11.3 Å². The molecule has 0 radical (unpaired) electrons. The number of halogens is 1. The van der Waals surface area contributed by atoms with E-state index >= 15 is 0 Å². The quantitative estimate of drug-likeness (QED) is 0.808. The maximum absolute atomic E-state index is 12.9. The van der Waals surface area contributed by atoms with Crippen molar-refractivity contribution in [1.29, 1.82) is 0 Å². The summed E-state index contributed by atoms with van der Waals surface area (Å²) in [7, 11) is 4.08. The Balaban J connectivity index is 1.58. The monoisotopic (exact) mass is 386 g/mol. The van der Waals surface area contributed by atoms with Crippen LogP contribution < -0.4 is 10.8 Å². The van der Waals surface area contributed by atoms with Gasteiger partial charge in [0.05, 0.1) is 5.56 Å². The van der Waals surface area contributed by atoms with E-state index < -0.39 is 0 Å². The van der Waals surface area contributed by atoms with Crippen molar-refractivity contribution in [2.75, 3.05) is 6.54 Å². The summed E-state index contributed by atoms with van der Waals surface area (Å²) in [5, 5.41) is 4.34. The minimum atomic E-state index is 0.0769. The molecule has 3 fully saturated rings. The number of amides is 1. The molecule has 3 nitrogen and oxygen atoms in total. The highest BCUT2D eigenvalue weighted by Crippen LogP contribution is 2.49. The topological polar surface area (TPSA) is 34.0 Å². The van der Waals surface area contributed by atoms with Crippen molar-refractivity contribution in [3.63, 3.8) is 0 Å². The van der Waals surface area contributed by atoms with Crippen LogP contribution in [-0.4, -0.2) is 24.9 Å². The molecule has 1 amide bonds. The van der Waals surface area contributed by atoms with Crippen molar-refractivity contribution in [1.82, 2.24) is 9.88 Å². The van der Waals surface area contributed by atoms with E-state index in [1.807, 2.05) is 17.8 Å². The minimum Gasteiger partial charge on any atom is -0.351 e. The van der Waals surface area contributed by atoms with Gasteiger partial charge in [-0.3, -0.25) is 4.79 Å². The molecule has 0 saturated heterocycles. The van der Waals surface area contributed by atoms with Crippen LogP contribution in [0.3, 0.4) is 0 Å². The molecule has 24 heavy (non-hydrogen) atoms. The summed E-state index contributed by atoms with van der Waals surface area (Å²) >= 11 is 3.55. The highest BCUT2D eigenvalue weighted by Gasteiger charge is 2.40. The second-order valence-electron chi connectivity index (χ2n) is 7.94. The lowest BCUT2D eigenvalue weighted by Crippen LogP contribution is -2.43. The molecule has 3 aliphatic carbocycles. The number of nitrogens with one attached hydrogen (secondary N) is 1. The Morgan fingerprint density at radius 2 is 2.00 bits per heavy atom. The maximum Gasteiger partial charge on any atom is 0.253 e. The Bertz CT molecular complexity index is 792. The predicted molar refractivity (Wildman–Crippen MR) is 105 cm³/mol. The first-order valence-corrected chi connectivity index (χ1v) is 9.80. The van der Waals surface area contributed by atoms with Gasteiger partial charge in [0.1, 0.15) is 7.85 Å². The van der Waals surface area contributed by atoms with E-state index in [4.69, 9.17) is 0 Å². The first-order valence-electron chi connectivity index (χ1n) is 9.01. The Kier molecular flexibility index (Phi) is 4.02. The Labute approximate surface area is 152 Å². The van der Waals surface area contributed by atoms with Gasteiger partial charge in [0.15, 0.2) is 0 Å². The molecule has 1 aromatic heterocycles. The van der Waals surface area contributed by atoms with Crippen LogP contribution in [0.25, 0.3) is 10.9 Å². The third-order valence-electron chi connectivity index (χ3n) is 6.37. The summed E-state index contributed by atoms with van der Waals surface area (Å²) in [6, 6.07) is 4.17. The summed E-state index contributed by atoms with van der Waals surface area (Å²) in [6.45, 7) is 0.838. The number of aromatic nitrogens is 1. The molecule has 3 saturated carbocycles. The molecule has 0 atom stereocenters. The van der Waals surface area contributed by atoms with Gasteiger partial charge in [-0.15, -0.1) is 0 Å². The van der Waals surface area contributed by atoms with E-state index in [-0.39, 0.29) is 5.91 Å². The van der Waals surface area contributed by atoms with Crippen molar-refractivity contribution >= 4 is 46.0 Å². The molecular weight excluding hydrogens is 363 g/mol. The Morgan fingerprint density at radius 3 is 2.67 bits per heavy atom. The minimum absolute atomic E-state index is 0.0769. The molecule has 1 N–H and O–H groups in total. The second-order valence-corrected chi connectivity index (χ2v) is 8.85. The van der Waals surface area contributed by atoms with Crippen LogP contribution in [0.2, 0.25) is 0 Å². The molecule has 1 aromatic carbocycles. The average molecular weight is 387 g/mol. The van der Waals surface area contributed by atoms with Crippen LogP contribution in [0.1, 0.15) is 48.9 Å². The summed E-state index contributed by atoms with van der Waals surface area (Å²) in [5.41, 5.74) is 3.41. The van der Waals surface area contributed by atoms with Crippen molar-refractivity contribution in [2.45, 2.75) is 38.5 Å². The molecule has 3 aliphatic rings. The van der Waals surface area contributed by atoms with Gasteiger partial charge < -0.3 is 9.88 Å². The summed E-state index contributed by atoms with van der Waals surface area (Å²) in [5.74, 6) is 1.04. The van der Waals surface area contributed by atoms with Gasteiger partial charge in [-0.05, 0) is 55.9 Å². The van der Waals surface area contributed by atoms with Crippen molar-refractivity contribution < 1.29 is 4.79 Å². The zero-order valence-electron chi connectivity index (χ0n) is 14.5. The lowest BCUT2D eigenvalue weighted by atomic mass is 9.61. The van der Waals surface area contributed by atoms with E-state index in [9.17, 15) is 4.79 Å². The molecule has 0 aliphatic heterocycles. The molecule has 1 heterocycles. The van der Waals surface area contributed by atoms with Gasteiger partial charge in [-0.2, -0.15) is 0 Å². The molecular formula is C19H24BBrN2O. The number of benzene rings is 1. The van der Waals surface area contributed by atoms with Crippen LogP contribution >= 0.6 is 15.9 Å². The van der Waals surface area contributed by atoms with Gasteiger partial charge >= 0.3 is 0 Å². The zero-order chi connectivity index (χ0) is 16.9. The van der Waals surface area contributed by atoms with E-state index in [0.29, 0.717) is 5.41 Å². The predicted octanol–water partition coefficient (Wildman–Crippen LogP) is 2.90. The van der Waals surface area contributed by atoms with Crippen LogP contribution in [0.5, 0.6) is 0 Å². The molecule has 5 rings (SSSR count). The third-order valence-corrected chi connectivity index (χ3v) is 6.83. The SMILES string of the molecule is Bc1cc(Br)cc2c1c(C(=O)NCC13CCC(CC1)CC3)cn2C. The number of fused-ring (bicyclic) bond motifs is 4. The van der Waals surface area contributed by atoms with Crippen LogP contribution in [0.15, 0.2) is 22.8 Å². The van der Waals surface area contributed by atoms with Gasteiger partial charge in [0, 0.05) is 35.2 Å². The zero-order valence-corrected chi connectivity index (χ0v) is 16.1. The Morgan fingerprint density at radius 1 is 1.33 bits per heavy atom. The van der Waals surface area contributed by atoms with Crippen LogP contribution in [0.4, 0.5) is 0 Å². The molecule has 126 valence electrons. The lowest BCUT2D eigenvalue weighted by Gasteiger charge is -2.46. The standard InChI is InChI=1S/C19H24BBrN2O/c1-23-10-14(17-15(20)8-13(21)9-16(17)23)18(24)22-11-19-5-2-12(3-6-19)4-7-19/h8-10,12H,2-7,11,20H2,1H3,(H,22,24). The van der Waals surface area contributed by atoms with Crippen molar-refractivity contribution in [3.05, 3.63) is 28.4 Å². The molecule has 2 aromatic rings. The first kappa shape index (κ1) is 16.3. The van der Waals surface area contributed by atoms with Gasteiger partial charge in [0.25, 0.3) is 5.91 Å². The van der Waals surface area contributed by atoms with Crippen LogP contribution in [-0.2, 0) is 7.05 Å². The van der Waals surface area contributed by atoms with E-state index in [1.54, 1.807) is 0 Å². The normalized spacial score (nSPS) is 26.0. The van der Waals surface area contributed by atoms with Crippen molar-refractivity contribution in [2.24, 2.45) is 18.4 Å². The fraction of sp³-hybridized carbons (Fsp3) is 0.526. The third kappa shape index (κ3) is 2.71. The highest BCUT2D eigenvalue weighted by atomic mass is 79.9. The summed E-state index contributed by atoms with van der Waals surface area (Å²) in [4.78, 5) is 12.9. The van der Waals surface area contributed by atoms with E-state index in [1.165, 1.54) is 38.5 Å². The number of nitrogens with zero attached hydrogens (tertiary/aromatic N) is 1. The number of carbonyl (C=O) groups is 1. The molecule has 0 spiro atoms. The number of hydrogen-bond donors (Lipinski definition) is 1. The Hall–Kier alpha value is -1.23. The van der Waals surface area contributed by atoms with E-state index in [2.05, 4.69) is 41.2 Å². The van der Waals surface area contributed by atoms with E-state index in [0.717, 1.165) is 38.9 Å². The first-order chi connectivity index (χ1) is 11.5. The molecule has 0 unspecified atom stereocenters. The number of carbonyl (C=O) groups excluding carboxylic acids is 1. The van der Waals surface area contributed by atoms with Crippen molar-refractivity contribution in [3.8, 4) is 0 Å². The second kappa shape index (κ2) is 5.94. The average Bonchev–Trinajstić information content (AvgIpc) is 2.92. The molecule has 2 bridgehead atoms. The highest BCUT2D eigenvalue weighted by molar-refractivity contribution is 9.10. The fourth-order valence-electron chi connectivity index (χ4n) is 4.82. The van der Waals surface area contributed by atoms with Gasteiger partial charge in [0.2, 0.25) is 0 Å². The van der Waals surface area contributed by atoms with Gasteiger partial charge in [-0.25, -0.2) is 0 Å². The number of aryl methyl sites for hydroxylation is 1. The summed E-state index contributed by atoms with van der Waals surface area (Å²) < 4.78 is 3.10. The largest absolute Gasteiger partial charge is 0.351 e. The van der Waals surface area contributed by atoms with Gasteiger partial charge in [-0.1, -0.05) is 27.5 Å². The smallest absolute Gasteiger partial charge is 0.253 e. The summed E-state index contributed by atoms with van der Waals surface area (Å²) in [6.07, 6.45) is 9.92. The molecule has 5 heteroatoms. The fourth-order valence-corrected chi connectivity index (χ4v) is 5.38. The number of hydrogen-bond acceptors (Lipinski definition) is 1. The number of rotatable bonds is 3. The lowest BCUT2D eigenvalue weighted by molar-refractivity contribution is 0.0598. The maximum atomic E-state index is 12.9.